The van der Waals surface area contributed by atoms with E-state index in [1.807, 2.05) is 0 Å². The van der Waals surface area contributed by atoms with Crippen LogP contribution in [0.5, 0.6) is 0 Å². The highest BCUT2D eigenvalue weighted by atomic mass is 16.6. The molecule has 0 radical (unpaired) electrons. The molecule has 1 aliphatic rings. The molecule has 0 spiro atoms. The van der Waals surface area contributed by atoms with Gasteiger partial charge in [-0.05, 0) is 23.2 Å². The maximum atomic E-state index is 4.50. The molecule has 0 N–H and O–H groups in total. The molecule has 0 aromatic carbocycles. The minimum Gasteiger partial charge on any atom is -0.240 e. The summed E-state index contributed by atoms with van der Waals surface area (Å²) in [4.78, 5) is 8.34. The maximum absolute atomic E-state index is 4.50. The van der Waals surface area contributed by atoms with E-state index in [-0.39, 0.29) is 0 Å². The van der Waals surface area contributed by atoms with Gasteiger partial charge in [-0.2, -0.15) is 0 Å². The standard InChI is InChI=1S/C7H6N4O/c1-2-4(1)5-3-8-6-7(9-5)11-12-10-6/h3-4H,1-2H2. The van der Waals surface area contributed by atoms with Crippen LogP contribution in [0.15, 0.2) is 10.8 Å². The summed E-state index contributed by atoms with van der Waals surface area (Å²) in [5.74, 6) is 0.596. The van der Waals surface area contributed by atoms with Gasteiger partial charge in [0.2, 0.25) is 11.3 Å². The maximum Gasteiger partial charge on any atom is 0.243 e. The fourth-order valence-electron chi connectivity index (χ4n) is 1.19. The highest BCUT2D eigenvalue weighted by Crippen LogP contribution is 2.38. The van der Waals surface area contributed by atoms with E-state index >= 15 is 0 Å². The zero-order valence-corrected chi connectivity index (χ0v) is 6.27. The van der Waals surface area contributed by atoms with Crippen molar-refractivity contribution in [1.82, 2.24) is 20.3 Å². The number of fused-ring (bicyclic) bond motifs is 1. The molecule has 0 atom stereocenters. The zero-order valence-electron chi connectivity index (χ0n) is 6.27. The molecular formula is C7H6N4O. The number of hydrogen-bond donors (Lipinski definition) is 0. The Labute approximate surface area is 67.8 Å². The van der Waals surface area contributed by atoms with Crippen LogP contribution in [0.3, 0.4) is 0 Å². The van der Waals surface area contributed by atoms with Crippen LogP contribution in [0.4, 0.5) is 0 Å². The second-order valence-corrected chi connectivity index (χ2v) is 2.98. The fourth-order valence-corrected chi connectivity index (χ4v) is 1.19. The van der Waals surface area contributed by atoms with Crippen molar-refractivity contribution in [2.45, 2.75) is 18.8 Å². The Morgan fingerprint density at radius 3 is 2.92 bits per heavy atom. The monoisotopic (exact) mass is 162 g/mol. The first-order valence-electron chi connectivity index (χ1n) is 3.89. The molecule has 0 bridgehead atoms. The van der Waals surface area contributed by atoms with E-state index in [1.165, 1.54) is 12.8 Å². The summed E-state index contributed by atoms with van der Waals surface area (Å²) in [6.07, 6.45) is 4.18. The molecule has 1 fully saturated rings. The summed E-state index contributed by atoms with van der Waals surface area (Å²) in [6.45, 7) is 0. The van der Waals surface area contributed by atoms with Crippen molar-refractivity contribution < 1.29 is 4.63 Å². The Hall–Kier alpha value is -1.52. The van der Waals surface area contributed by atoms with Crippen molar-refractivity contribution >= 4 is 11.3 Å². The van der Waals surface area contributed by atoms with Crippen LogP contribution in [-0.4, -0.2) is 20.3 Å². The molecule has 5 heteroatoms. The molecule has 60 valence electrons. The third-order valence-electron chi connectivity index (χ3n) is 2.00. The lowest BCUT2D eigenvalue weighted by molar-refractivity contribution is 0.314. The lowest BCUT2D eigenvalue weighted by atomic mass is 10.3. The number of hydrogen-bond acceptors (Lipinski definition) is 5. The number of nitrogens with zero attached hydrogens (tertiary/aromatic N) is 4. The topological polar surface area (TPSA) is 64.7 Å². The average Bonchev–Trinajstić information content (AvgIpc) is 2.84. The van der Waals surface area contributed by atoms with Crippen LogP contribution in [-0.2, 0) is 0 Å². The van der Waals surface area contributed by atoms with E-state index in [2.05, 4.69) is 24.9 Å². The van der Waals surface area contributed by atoms with Crippen molar-refractivity contribution in [2.24, 2.45) is 0 Å². The van der Waals surface area contributed by atoms with E-state index in [1.54, 1.807) is 6.20 Å². The second kappa shape index (κ2) is 2.00. The molecule has 0 aliphatic heterocycles. The molecule has 1 saturated carbocycles. The highest BCUT2D eigenvalue weighted by Gasteiger charge is 2.25. The zero-order chi connectivity index (χ0) is 7.97. The predicted octanol–water partition coefficient (Wildman–Crippen LogP) is 0.890. The molecule has 0 saturated heterocycles. The number of aromatic nitrogens is 4. The van der Waals surface area contributed by atoms with Gasteiger partial charge in [-0.1, -0.05) is 0 Å². The molecule has 0 amide bonds. The van der Waals surface area contributed by atoms with Gasteiger partial charge in [0.15, 0.2) is 0 Å². The smallest absolute Gasteiger partial charge is 0.240 e. The Morgan fingerprint density at radius 1 is 1.25 bits per heavy atom. The summed E-state index contributed by atoms with van der Waals surface area (Å²) in [5, 5.41) is 7.21. The van der Waals surface area contributed by atoms with Crippen LogP contribution in [0, 0.1) is 0 Å². The summed E-state index contributed by atoms with van der Waals surface area (Å²) < 4.78 is 4.50. The van der Waals surface area contributed by atoms with Gasteiger partial charge < -0.3 is 0 Å². The molecule has 2 aromatic heterocycles. The van der Waals surface area contributed by atoms with Crippen LogP contribution in [0.25, 0.3) is 11.3 Å². The Kier molecular flexibility index (Phi) is 1.01. The van der Waals surface area contributed by atoms with E-state index in [0.29, 0.717) is 17.2 Å². The van der Waals surface area contributed by atoms with Gasteiger partial charge in [-0.25, -0.2) is 14.6 Å². The van der Waals surface area contributed by atoms with E-state index in [9.17, 15) is 0 Å². The second-order valence-electron chi connectivity index (χ2n) is 2.98. The minimum absolute atomic E-state index is 0.486. The molecule has 12 heavy (non-hydrogen) atoms. The van der Waals surface area contributed by atoms with Gasteiger partial charge in [-0.3, -0.25) is 0 Å². The molecular weight excluding hydrogens is 156 g/mol. The molecule has 0 unspecified atom stereocenters. The van der Waals surface area contributed by atoms with Crippen LogP contribution >= 0.6 is 0 Å². The summed E-state index contributed by atoms with van der Waals surface area (Å²) >= 11 is 0. The van der Waals surface area contributed by atoms with Crippen molar-refractivity contribution in [3.05, 3.63) is 11.9 Å². The molecule has 3 rings (SSSR count). The fraction of sp³-hybridized carbons (Fsp3) is 0.429. The predicted molar refractivity (Wildman–Crippen MR) is 39.4 cm³/mol. The first-order chi connectivity index (χ1) is 5.93. The molecule has 2 heterocycles. The van der Waals surface area contributed by atoms with Gasteiger partial charge >= 0.3 is 0 Å². The van der Waals surface area contributed by atoms with E-state index < -0.39 is 0 Å². The third-order valence-corrected chi connectivity index (χ3v) is 2.00. The van der Waals surface area contributed by atoms with Gasteiger partial charge in [0.25, 0.3) is 0 Å². The minimum atomic E-state index is 0.486. The molecule has 2 aromatic rings. The summed E-state index contributed by atoms with van der Waals surface area (Å²) in [6, 6.07) is 0. The van der Waals surface area contributed by atoms with Crippen LogP contribution in [0.1, 0.15) is 24.5 Å². The van der Waals surface area contributed by atoms with Crippen molar-refractivity contribution in [3.63, 3.8) is 0 Å². The average molecular weight is 162 g/mol. The van der Waals surface area contributed by atoms with Gasteiger partial charge in [0, 0.05) is 5.92 Å². The third kappa shape index (κ3) is 0.792. The molecule has 5 nitrogen and oxygen atoms in total. The summed E-state index contributed by atoms with van der Waals surface area (Å²) in [5.41, 5.74) is 2.01. The van der Waals surface area contributed by atoms with Gasteiger partial charge in [-0.15, -0.1) is 0 Å². The van der Waals surface area contributed by atoms with Gasteiger partial charge in [0.1, 0.15) is 0 Å². The van der Waals surface area contributed by atoms with E-state index in [4.69, 9.17) is 0 Å². The first kappa shape index (κ1) is 6.05. The largest absolute Gasteiger partial charge is 0.243 e. The van der Waals surface area contributed by atoms with Crippen molar-refractivity contribution in [2.75, 3.05) is 0 Å². The Morgan fingerprint density at radius 2 is 2.08 bits per heavy atom. The first-order valence-corrected chi connectivity index (χ1v) is 3.89. The van der Waals surface area contributed by atoms with Crippen LogP contribution < -0.4 is 0 Å². The van der Waals surface area contributed by atoms with E-state index in [0.717, 1.165) is 5.69 Å². The summed E-state index contributed by atoms with van der Waals surface area (Å²) in [7, 11) is 0. The lowest BCUT2D eigenvalue weighted by Gasteiger charge is -1.91. The highest BCUT2D eigenvalue weighted by molar-refractivity contribution is 5.62. The lowest BCUT2D eigenvalue weighted by Crippen LogP contribution is -1.89. The normalized spacial score (nSPS) is 17.0. The number of rotatable bonds is 1. The van der Waals surface area contributed by atoms with Gasteiger partial charge in [0.05, 0.1) is 11.9 Å². The van der Waals surface area contributed by atoms with Crippen LogP contribution in [0.2, 0.25) is 0 Å². The quantitative estimate of drug-likeness (QED) is 0.623. The SMILES string of the molecule is c1nc2nonc2nc1C1CC1. The Bertz CT molecular complexity index is 420. The molecule has 1 aliphatic carbocycles. The van der Waals surface area contributed by atoms with Crippen molar-refractivity contribution in [1.29, 1.82) is 0 Å². The van der Waals surface area contributed by atoms with Crippen molar-refractivity contribution in [3.8, 4) is 0 Å². The Balaban J connectivity index is 2.21.